The Labute approximate surface area is 124 Å². The van der Waals surface area contributed by atoms with Crippen LogP contribution in [0.3, 0.4) is 0 Å². The average Bonchev–Trinajstić information content (AvgIpc) is 2.46. The van der Waals surface area contributed by atoms with Crippen LogP contribution in [0.1, 0.15) is 63.9 Å². The third-order valence-electron chi connectivity index (χ3n) is 4.67. The lowest BCUT2D eigenvalue weighted by Gasteiger charge is -2.36. The summed E-state index contributed by atoms with van der Waals surface area (Å²) in [6.07, 6.45) is 7.40. The molecule has 0 spiro atoms. The second kappa shape index (κ2) is 6.82. The van der Waals surface area contributed by atoms with Crippen molar-refractivity contribution in [2.24, 2.45) is 5.92 Å². The van der Waals surface area contributed by atoms with Crippen molar-refractivity contribution in [1.29, 1.82) is 0 Å². The molecule has 118 valence electrons. The van der Waals surface area contributed by atoms with Gasteiger partial charge in [-0.2, -0.15) is 0 Å². The summed E-state index contributed by atoms with van der Waals surface area (Å²) in [7, 11) is 0. The zero-order chi connectivity index (χ0) is 15.5. The molecule has 1 aliphatic rings. The second-order valence-corrected chi connectivity index (χ2v) is 6.22. The van der Waals surface area contributed by atoms with Crippen molar-refractivity contribution in [3.8, 4) is 0 Å². The second-order valence-electron chi connectivity index (χ2n) is 6.22. The highest BCUT2D eigenvalue weighted by Crippen LogP contribution is 2.41. The molecule has 1 fully saturated rings. The lowest BCUT2D eigenvalue weighted by molar-refractivity contribution is -0.0160. The molecule has 0 aliphatic heterocycles. The highest BCUT2D eigenvalue weighted by atomic mass is 19.2. The molecule has 0 unspecified atom stereocenters. The summed E-state index contributed by atoms with van der Waals surface area (Å²) in [5.74, 6) is -3.37. The molecule has 0 radical (unpaired) electrons. The summed E-state index contributed by atoms with van der Waals surface area (Å²) < 4.78 is 39.6. The molecular weight excluding hydrogens is 277 g/mol. The molecule has 0 bridgehead atoms. The SMILES string of the molecule is CCCCCC1CCC(O)(c2cc(F)c(F)c(F)c2)CC1. The summed E-state index contributed by atoms with van der Waals surface area (Å²) in [5, 5.41) is 10.6. The minimum Gasteiger partial charge on any atom is -0.385 e. The molecule has 2 rings (SSSR count). The average molecular weight is 300 g/mol. The predicted octanol–water partition coefficient (Wildman–Crippen LogP) is 5.06. The maximum Gasteiger partial charge on any atom is 0.194 e. The predicted molar refractivity (Wildman–Crippen MR) is 76.3 cm³/mol. The zero-order valence-corrected chi connectivity index (χ0v) is 12.5. The Balaban J connectivity index is 2.02. The highest BCUT2D eigenvalue weighted by molar-refractivity contribution is 5.26. The Morgan fingerprint density at radius 2 is 1.67 bits per heavy atom. The van der Waals surface area contributed by atoms with Gasteiger partial charge in [0.25, 0.3) is 0 Å². The molecule has 1 aromatic carbocycles. The van der Waals surface area contributed by atoms with Crippen molar-refractivity contribution in [2.75, 3.05) is 0 Å². The first kappa shape index (κ1) is 16.3. The van der Waals surface area contributed by atoms with E-state index in [-0.39, 0.29) is 5.56 Å². The van der Waals surface area contributed by atoms with Gasteiger partial charge in [0.05, 0.1) is 5.60 Å². The first-order valence-corrected chi connectivity index (χ1v) is 7.83. The van der Waals surface area contributed by atoms with Gasteiger partial charge in [0, 0.05) is 0 Å². The number of hydrogen-bond acceptors (Lipinski definition) is 1. The van der Waals surface area contributed by atoms with Crippen molar-refractivity contribution in [2.45, 2.75) is 63.9 Å². The molecule has 0 aromatic heterocycles. The number of unbranched alkanes of at least 4 members (excludes halogenated alkanes) is 2. The van der Waals surface area contributed by atoms with Crippen LogP contribution in [0.15, 0.2) is 12.1 Å². The standard InChI is InChI=1S/C17H23F3O/c1-2-3-4-5-12-6-8-17(21,9-7-12)13-10-14(18)16(20)15(19)11-13/h10-12,21H,2-9H2,1H3. The van der Waals surface area contributed by atoms with Gasteiger partial charge in [-0.05, 0) is 49.3 Å². The summed E-state index contributed by atoms with van der Waals surface area (Å²) in [4.78, 5) is 0. The third-order valence-corrected chi connectivity index (χ3v) is 4.67. The topological polar surface area (TPSA) is 20.2 Å². The number of rotatable bonds is 5. The maximum atomic E-state index is 13.3. The van der Waals surface area contributed by atoms with E-state index in [1.807, 2.05) is 0 Å². The Kier molecular flexibility index (Phi) is 5.31. The van der Waals surface area contributed by atoms with Crippen molar-refractivity contribution in [3.05, 3.63) is 35.1 Å². The van der Waals surface area contributed by atoms with Gasteiger partial charge >= 0.3 is 0 Å². The molecule has 1 N–H and O–H groups in total. The van der Waals surface area contributed by atoms with Crippen LogP contribution in [-0.2, 0) is 5.60 Å². The van der Waals surface area contributed by atoms with Crippen LogP contribution in [0, 0.1) is 23.4 Å². The van der Waals surface area contributed by atoms with Gasteiger partial charge in [0.1, 0.15) is 0 Å². The molecule has 0 saturated heterocycles. The fourth-order valence-electron chi connectivity index (χ4n) is 3.24. The quantitative estimate of drug-likeness (QED) is 0.595. The van der Waals surface area contributed by atoms with E-state index in [9.17, 15) is 18.3 Å². The number of aliphatic hydroxyl groups is 1. The largest absolute Gasteiger partial charge is 0.385 e. The van der Waals surface area contributed by atoms with E-state index < -0.39 is 23.1 Å². The number of halogens is 3. The Morgan fingerprint density at radius 3 is 2.19 bits per heavy atom. The van der Waals surface area contributed by atoms with E-state index in [0.29, 0.717) is 18.8 Å². The molecule has 1 aliphatic carbocycles. The monoisotopic (exact) mass is 300 g/mol. The van der Waals surface area contributed by atoms with Gasteiger partial charge in [-0.1, -0.05) is 32.6 Å². The van der Waals surface area contributed by atoms with Crippen molar-refractivity contribution < 1.29 is 18.3 Å². The lowest BCUT2D eigenvalue weighted by Crippen LogP contribution is -2.32. The zero-order valence-electron chi connectivity index (χ0n) is 12.5. The van der Waals surface area contributed by atoms with Gasteiger partial charge in [0.15, 0.2) is 17.5 Å². The van der Waals surface area contributed by atoms with Gasteiger partial charge in [-0.25, -0.2) is 13.2 Å². The van der Waals surface area contributed by atoms with Gasteiger partial charge in [0.2, 0.25) is 0 Å². The van der Waals surface area contributed by atoms with E-state index >= 15 is 0 Å². The molecule has 21 heavy (non-hydrogen) atoms. The fraction of sp³-hybridized carbons (Fsp3) is 0.647. The van der Waals surface area contributed by atoms with E-state index in [4.69, 9.17) is 0 Å². The van der Waals surface area contributed by atoms with Gasteiger partial charge in [-0.3, -0.25) is 0 Å². The molecule has 0 atom stereocenters. The minimum atomic E-state index is -1.48. The third kappa shape index (κ3) is 3.79. The van der Waals surface area contributed by atoms with Gasteiger partial charge in [-0.15, -0.1) is 0 Å². The van der Waals surface area contributed by atoms with Gasteiger partial charge < -0.3 is 5.11 Å². The fourth-order valence-corrected chi connectivity index (χ4v) is 3.24. The van der Waals surface area contributed by atoms with Crippen LogP contribution in [0.5, 0.6) is 0 Å². The Bertz CT molecular complexity index is 456. The summed E-state index contributed by atoms with van der Waals surface area (Å²) in [6.45, 7) is 2.16. The smallest absolute Gasteiger partial charge is 0.194 e. The first-order chi connectivity index (χ1) is 9.96. The normalized spacial score (nSPS) is 26.0. The van der Waals surface area contributed by atoms with Crippen molar-refractivity contribution >= 4 is 0 Å². The van der Waals surface area contributed by atoms with Crippen LogP contribution >= 0.6 is 0 Å². The van der Waals surface area contributed by atoms with E-state index in [0.717, 1.165) is 31.4 Å². The van der Waals surface area contributed by atoms with Crippen LogP contribution in [0.2, 0.25) is 0 Å². The summed E-state index contributed by atoms with van der Waals surface area (Å²) >= 11 is 0. The molecule has 0 amide bonds. The summed E-state index contributed by atoms with van der Waals surface area (Å²) in [6, 6.07) is 1.85. The van der Waals surface area contributed by atoms with E-state index in [2.05, 4.69) is 6.92 Å². The van der Waals surface area contributed by atoms with E-state index in [1.54, 1.807) is 0 Å². The Morgan fingerprint density at radius 1 is 1.10 bits per heavy atom. The van der Waals surface area contributed by atoms with Crippen LogP contribution in [-0.4, -0.2) is 5.11 Å². The van der Waals surface area contributed by atoms with Crippen LogP contribution < -0.4 is 0 Å². The molecule has 4 heteroatoms. The first-order valence-electron chi connectivity index (χ1n) is 7.83. The van der Waals surface area contributed by atoms with Crippen LogP contribution in [0.4, 0.5) is 13.2 Å². The molecule has 1 aromatic rings. The maximum absolute atomic E-state index is 13.3. The van der Waals surface area contributed by atoms with E-state index in [1.165, 1.54) is 19.3 Å². The molecule has 1 nitrogen and oxygen atoms in total. The van der Waals surface area contributed by atoms with Crippen LogP contribution in [0.25, 0.3) is 0 Å². The van der Waals surface area contributed by atoms with Crippen molar-refractivity contribution in [1.82, 2.24) is 0 Å². The Hall–Kier alpha value is -1.03. The highest BCUT2D eigenvalue weighted by Gasteiger charge is 2.35. The van der Waals surface area contributed by atoms with Crippen molar-refractivity contribution in [3.63, 3.8) is 0 Å². The lowest BCUT2D eigenvalue weighted by atomic mass is 9.74. The molecular formula is C17H23F3O. The number of benzene rings is 1. The molecule has 0 heterocycles. The number of hydrogen-bond donors (Lipinski definition) is 1. The molecule has 1 saturated carbocycles. The summed E-state index contributed by atoms with van der Waals surface area (Å²) in [5.41, 5.74) is -1.07. The minimum absolute atomic E-state index is 0.158.